The first-order chi connectivity index (χ1) is 15.6. The van der Waals surface area contributed by atoms with E-state index >= 15 is 0 Å². The summed E-state index contributed by atoms with van der Waals surface area (Å²) in [5.74, 6) is -0.0638. The third kappa shape index (κ3) is 5.46. The van der Waals surface area contributed by atoms with E-state index in [2.05, 4.69) is 28.4 Å². The second kappa shape index (κ2) is 10.6. The van der Waals surface area contributed by atoms with Crippen molar-refractivity contribution in [1.82, 2.24) is 4.90 Å². The van der Waals surface area contributed by atoms with Gasteiger partial charge in [0.1, 0.15) is 0 Å². The van der Waals surface area contributed by atoms with Crippen molar-refractivity contribution in [2.45, 2.75) is 6.92 Å². The number of para-hydroxylation sites is 1. The van der Waals surface area contributed by atoms with Crippen LogP contribution in [0.2, 0.25) is 5.02 Å². The van der Waals surface area contributed by atoms with Crippen LogP contribution in [0.15, 0.2) is 72.8 Å². The second-order valence-electron chi connectivity index (χ2n) is 7.87. The predicted octanol–water partition coefficient (Wildman–Crippen LogP) is 5.97. The highest BCUT2D eigenvalue weighted by Gasteiger charge is 2.15. The molecule has 1 N–H and O–H groups in total. The molecule has 1 fully saturated rings. The maximum absolute atomic E-state index is 12.9. The normalized spacial score (nSPS) is 14.6. The number of benzene rings is 3. The number of halogens is 1. The summed E-state index contributed by atoms with van der Waals surface area (Å²) in [6.45, 7) is 6.37. The zero-order valence-corrected chi connectivity index (χ0v) is 18.9. The Morgan fingerprint density at radius 1 is 1.03 bits per heavy atom. The van der Waals surface area contributed by atoms with Crippen molar-refractivity contribution < 1.29 is 9.53 Å². The van der Waals surface area contributed by atoms with Gasteiger partial charge in [-0.25, -0.2) is 0 Å². The monoisotopic (exact) mass is 446 g/mol. The lowest BCUT2D eigenvalue weighted by molar-refractivity contribution is 0.0435. The predicted molar refractivity (Wildman–Crippen MR) is 132 cm³/mol. The summed E-state index contributed by atoms with van der Waals surface area (Å²) in [7, 11) is 0. The van der Waals surface area contributed by atoms with E-state index in [-0.39, 0.29) is 5.78 Å². The molecule has 0 saturated carbocycles. The summed E-state index contributed by atoms with van der Waals surface area (Å²) >= 11 is 6.51. The molecule has 1 saturated heterocycles. The van der Waals surface area contributed by atoms with Gasteiger partial charge in [0.25, 0.3) is 0 Å². The summed E-state index contributed by atoms with van der Waals surface area (Å²) < 4.78 is 5.41. The first-order valence-corrected chi connectivity index (χ1v) is 11.2. The summed E-state index contributed by atoms with van der Waals surface area (Å²) in [6.07, 6.45) is 4.32. The summed E-state index contributed by atoms with van der Waals surface area (Å²) in [6, 6.07) is 21.2. The molecular formula is C27H27ClN2O2. The van der Waals surface area contributed by atoms with Gasteiger partial charge in [0.2, 0.25) is 0 Å². The molecule has 1 aliphatic heterocycles. The number of carbonyl (C=O) groups is 1. The fourth-order valence-electron chi connectivity index (χ4n) is 3.77. The average molecular weight is 447 g/mol. The molecule has 0 unspecified atom stereocenters. The second-order valence-corrected chi connectivity index (χ2v) is 8.27. The van der Waals surface area contributed by atoms with Crippen LogP contribution < -0.4 is 5.32 Å². The number of nitrogens with zero attached hydrogens (tertiary/aromatic N) is 1. The summed E-state index contributed by atoms with van der Waals surface area (Å²) in [5, 5.41) is 3.87. The standard InChI is InChI=1S/C27H27ClN2O2/c1-20-7-2-4-10-23(20)27(31)24-13-12-22(19-25(24)28)29-26-11-5-3-8-21(26)9-6-14-30-15-17-32-18-16-30/h2-13,19,29H,14-18H2,1H3/b9-6+. The number of rotatable bonds is 7. The van der Waals surface area contributed by atoms with Crippen LogP contribution in [-0.2, 0) is 4.74 Å². The zero-order chi connectivity index (χ0) is 22.3. The molecule has 1 heterocycles. The molecule has 3 aromatic rings. The van der Waals surface area contributed by atoms with Crippen LogP contribution >= 0.6 is 11.6 Å². The van der Waals surface area contributed by atoms with E-state index < -0.39 is 0 Å². The zero-order valence-electron chi connectivity index (χ0n) is 18.2. The third-order valence-corrected chi connectivity index (χ3v) is 5.92. The molecule has 0 radical (unpaired) electrons. The number of nitrogens with one attached hydrogen (secondary N) is 1. The number of morpholine rings is 1. The van der Waals surface area contributed by atoms with Gasteiger partial charge in [0, 0.05) is 42.1 Å². The van der Waals surface area contributed by atoms with E-state index in [0.717, 1.165) is 55.3 Å². The molecule has 1 aliphatic rings. The van der Waals surface area contributed by atoms with Crippen LogP contribution in [0.3, 0.4) is 0 Å². The highest BCUT2D eigenvalue weighted by atomic mass is 35.5. The first kappa shape index (κ1) is 22.3. The van der Waals surface area contributed by atoms with Gasteiger partial charge in [0.15, 0.2) is 5.78 Å². The summed E-state index contributed by atoms with van der Waals surface area (Å²) in [5.41, 5.74) is 5.03. The Morgan fingerprint density at radius 3 is 2.56 bits per heavy atom. The van der Waals surface area contributed by atoms with E-state index in [9.17, 15) is 4.79 Å². The molecule has 0 aliphatic carbocycles. The molecule has 4 nitrogen and oxygen atoms in total. The van der Waals surface area contributed by atoms with Gasteiger partial charge in [-0.2, -0.15) is 0 Å². The number of ketones is 1. The van der Waals surface area contributed by atoms with Crippen LogP contribution in [0.5, 0.6) is 0 Å². The molecular weight excluding hydrogens is 420 g/mol. The van der Waals surface area contributed by atoms with E-state index in [4.69, 9.17) is 16.3 Å². The Labute approximate surface area is 194 Å². The van der Waals surface area contributed by atoms with Gasteiger partial charge in [-0.15, -0.1) is 0 Å². The minimum absolute atomic E-state index is 0.0638. The number of carbonyl (C=O) groups excluding carboxylic acids is 1. The maximum Gasteiger partial charge on any atom is 0.194 e. The number of anilines is 2. The first-order valence-electron chi connectivity index (χ1n) is 10.8. The topological polar surface area (TPSA) is 41.6 Å². The van der Waals surface area contributed by atoms with Crippen LogP contribution in [0.25, 0.3) is 6.08 Å². The van der Waals surface area contributed by atoms with E-state index in [1.807, 2.05) is 55.5 Å². The van der Waals surface area contributed by atoms with Crippen LogP contribution in [-0.4, -0.2) is 43.5 Å². The average Bonchev–Trinajstić information content (AvgIpc) is 2.81. The van der Waals surface area contributed by atoms with Crippen molar-refractivity contribution in [3.8, 4) is 0 Å². The van der Waals surface area contributed by atoms with Crippen molar-refractivity contribution >= 4 is 34.8 Å². The molecule has 4 rings (SSSR count). The van der Waals surface area contributed by atoms with E-state index in [0.29, 0.717) is 16.1 Å². The van der Waals surface area contributed by atoms with Crippen LogP contribution in [0.4, 0.5) is 11.4 Å². The Morgan fingerprint density at radius 2 is 1.78 bits per heavy atom. The third-order valence-electron chi connectivity index (χ3n) is 5.61. The Hall–Kier alpha value is -2.92. The van der Waals surface area contributed by atoms with Crippen LogP contribution in [0, 0.1) is 6.92 Å². The SMILES string of the molecule is Cc1ccccc1C(=O)c1ccc(Nc2ccccc2/C=C/CN2CCOCC2)cc1Cl. The molecule has 32 heavy (non-hydrogen) atoms. The van der Waals surface area contributed by atoms with Crippen molar-refractivity contribution in [1.29, 1.82) is 0 Å². The highest BCUT2D eigenvalue weighted by molar-refractivity contribution is 6.35. The van der Waals surface area contributed by atoms with E-state index in [1.54, 1.807) is 12.1 Å². The fourth-order valence-corrected chi connectivity index (χ4v) is 4.04. The van der Waals surface area contributed by atoms with Crippen molar-refractivity contribution in [3.63, 3.8) is 0 Å². The smallest absolute Gasteiger partial charge is 0.194 e. The quantitative estimate of drug-likeness (QED) is 0.454. The van der Waals surface area contributed by atoms with Crippen molar-refractivity contribution in [3.05, 3.63) is 100 Å². The molecule has 3 aromatic carbocycles. The molecule has 164 valence electrons. The van der Waals surface area contributed by atoms with Gasteiger partial charge in [-0.3, -0.25) is 9.69 Å². The molecule has 0 amide bonds. The highest BCUT2D eigenvalue weighted by Crippen LogP contribution is 2.28. The molecule has 0 spiro atoms. The van der Waals surface area contributed by atoms with Crippen molar-refractivity contribution in [2.24, 2.45) is 0 Å². The number of hydrogen-bond acceptors (Lipinski definition) is 4. The minimum atomic E-state index is -0.0638. The Bertz CT molecular complexity index is 1120. The van der Waals surface area contributed by atoms with Gasteiger partial charge < -0.3 is 10.1 Å². The van der Waals surface area contributed by atoms with Crippen LogP contribution in [0.1, 0.15) is 27.0 Å². The van der Waals surface area contributed by atoms with E-state index in [1.165, 1.54) is 0 Å². The summed E-state index contributed by atoms with van der Waals surface area (Å²) in [4.78, 5) is 15.3. The molecule has 5 heteroatoms. The lowest BCUT2D eigenvalue weighted by Gasteiger charge is -2.25. The maximum atomic E-state index is 12.9. The number of hydrogen-bond donors (Lipinski definition) is 1. The van der Waals surface area contributed by atoms with Gasteiger partial charge in [-0.05, 0) is 42.3 Å². The Balaban J connectivity index is 1.48. The number of ether oxygens (including phenoxy) is 1. The lowest BCUT2D eigenvalue weighted by atomic mass is 9.99. The van der Waals surface area contributed by atoms with Gasteiger partial charge in [0.05, 0.1) is 18.2 Å². The van der Waals surface area contributed by atoms with Crippen molar-refractivity contribution in [2.75, 3.05) is 38.2 Å². The molecule has 0 aromatic heterocycles. The lowest BCUT2D eigenvalue weighted by Crippen LogP contribution is -2.36. The van der Waals surface area contributed by atoms with Gasteiger partial charge in [-0.1, -0.05) is 66.2 Å². The minimum Gasteiger partial charge on any atom is -0.379 e. The fraction of sp³-hybridized carbons (Fsp3) is 0.222. The number of aryl methyl sites for hydroxylation is 1. The molecule has 0 bridgehead atoms. The van der Waals surface area contributed by atoms with Gasteiger partial charge >= 0.3 is 0 Å². The Kier molecular flexibility index (Phi) is 7.38. The molecule has 0 atom stereocenters. The largest absolute Gasteiger partial charge is 0.379 e.